The summed E-state index contributed by atoms with van der Waals surface area (Å²) < 4.78 is 14.1. The Bertz CT molecular complexity index is 470. The third-order valence-corrected chi connectivity index (χ3v) is 3.94. The van der Waals surface area contributed by atoms with Crippen LogP contribution in [-0.4, -0.2) is 30.8 Å². The van der Waals surface area contributed by atoms with E-state index in [-0.39, 0.29) is 12.4 Å². The molecule has 0 amide bonds. The Balaban J connectivity index is 2.64. The van der Waals surface area contributed by atoms with Crippen molar-refractivity contribution >= 4 is 21.9 Å². The van der Waals surface area contributed by atoms with Crippen LogP contribution < -0.4 is 10.6 Å². The molecule has 0 bridgehead atoms. The van der Waals surface area contributed by atoms with E-state index in [0.29, 0.717) is 22.9 Å². The van der Waals surface area contributed by atoms with Crippen LogP contribution in [0, 0.1) is 11.7 Å². The van der Waals surface area contributed by atoms with E-state index in [1.165, 1.54) is 12.1 Å². The summed E-state index contributed by atoms with van der Waals surface area (Å²) >= 11 is 3.29. The molecule has 1 atom stereocenters. The highest BCUT2D eigenvalue weighted by molar-refractivity contribution is 9.10. The fourth-order valence-electron chi connectivity index (χ4n) is 2.39. The molecule has 0 aromatic heterocycles. The van der Waals surface area contributed by atoms with Gasteiger partial charge in [-0.1, -0.05) is 29.3 Å². The summed E-state index contributed by atoms with van der Waals surface area (Å²) in [4.78, 5) is 4.50. The molecule has 0 aliphatic heterocycles. The van der Waals surface area contributed by atoms with Gasteiger partial charge >= 0.3 is 0 Å². The molecule has 0 aliphatic carbocycles. The first kappa shape index (κ1) is 19.9. The SMILES string of the molecule is CCCC(CCO)CNC(=NCc1cc(F)cc(Br)c1)NCC. The van der Waals surface area contributed by atoms with E-state index in [1.54, 1.807) is 0 Å². The maximum Gasteiger partial charge on any atom is 0.191 e. The lowest BCUT2D eigenvalue weighted by Gasteiger charge is -2.18. The quantitative estimate of drug-likeness (QED) is 0.449. The maximum atomic E-state index is 13.4. The number of aliphatic hydroxyl groups is 1. The highest BCUT2D eigenvalue weighted by Crippen LogP contribution is 2.15. The summed E-state index contributed by atoms with van der Waals surface area (Å²) in [6, 6.07) is 4.78. The molecule has 4 nitrogen and oxygen atoms in total. The number of benzene rings is 1. The summed E-state index contributed by atoms with van der Waals surface area (Å²) in [6.45, 7) is 6.30. The fourth-order valence-corrected chi connectivity index (χ4v) is 2.91. The molecule has 0 saturated carbocycles. The Morgan fingerprint density at radius 2 is 2.04 bits per heavy atom. The van der Waals surface area contributed by atoms with Crippen molar-refractivity contribution in [1.82, 2.24) is 10.6 Å². The van der Waals surface area contributed by atoms with Crippen molar-refractivity contribution in [3.8, 4) is 0 Å². The van der Waals surface area contributed by atoms with E-state index in [1.807, 2.05) is 13.0 Å². The summed E-state index contributed by atoms with van der Waals surface area (Å²) in [5, 5.41) is 15.6. The second kappa shape index (κ2) is 11.4. The third kappa shape index (κ3) is 8.32. The van der Waals surface area contributed by atoms with E-state index >= 15 is 0 Å². The summed E-state index contributed by atoms with van der Waals surface area (Å²) in [7, 11) is 0. The molecule has 1 aromatic rings. The van der Waals surface area contributed by atoms with Gasteiger partial charge < -0.3 is 15.7 Å². The Hall–Kier alpha value is -1.14. The van der Waals surface area contributed by atoms with Crippen LogP contribution in [-0.2, 0) is 6.54 Å². The van der Waals surface area contributed by atoms with Crippen LogP contribution in [0.2, 0.25) is 0 Å². The zero-order valence-electron chi connectivity index (χ0n) is 13.9. The minimum Gasteiger partial charge on any atom is -0.396 e. The molecule has 3 N–H and O–H groups in total. The van der Waals surface area contributed by atoms with Crippen LogP contribution in [0.5, 0.6) is 0 Å². The van der Waals surface area contributed by atoms with Crippen LogP contribution in [0.15, 0.2) is 27.7 Å². The Morgan fingerprint density at radius 3 is 2.65 bits per heavy atom. The van der Waals surface area contributed by atoms with E-state index in [2.05, 4.69) is 38.5 Å². The normalized spacial score (nSPS) is 13.0. The molecule has 1 unspecified atom stereocenters. The Labute approximate surface area is 146 Å². The number of nitrogens with one attached hydrogen (secondary N) is 2. The van der Waals surface area contributed by atoms with E-state index in [0.717, 1.165) is 37.9 Å². The van der Waals surface area contributed by atoms with E-state index < -0.39 is 0 Å². The average Bonchev–Trinajstić information content (AvgIpc) is 2.49. The van der Waals surface area contributed by atoms with Crippen molar-refractivity contribution in [2.24, 2.45) is 10.9 Å². The number of halogens is 2. The lowest BCUT2D eigenvalue weighted by atomic mass is 10.0. The molecular weight excluding hydrogens is 361 g/mol. The number of nitrogens with zero attached hydrogens (tertiary/aromatic N) is 1. The average molecular weight is 388 g/mol. The number of rotatable bonds is 9. The topological polar surface area (TPSA) is 56.6 Å². The second-order valence-electron chi connectivity index (χ2n) is 5.52. The summed E-state index contributed by atoms with van der Waals surface area (Å²) in [5.41, 5.74) is 0.814. The standard InChI is InChI=1S/C17H27BrFN3O/c1-3-5-13(6-7-23)11-21-17(20-4-2)22-12-14-8-15(18)10-16(19)9-14/h8-10,13,23H,3-7,11-12H2,1-2H3,(H2,20,21,22). The molecule has 0 fully saturated rings. The van der Waals surface area contributed by atoms with Gasteiger partial charge in [0.05, 0.1) is 6.54 Å². The van der Waals surface area contributed by atoms with Crippen molar-refractivity contribution < 1.29 is 9.50 Å². The van der Waals surface area contributed by atoms with Gasteiger partial charge in [-0.05, 0) is 49.4 Å². The summed E-state index contributed by atoms with van der Waals surface area (Å²) in [6.07, 6.45) is 2.96. The van der Waals surface area contributed by atoms with Crippen molar-refractivity contribution in [2.45, 2.75) is 39.7 Å². The van der Waals surface area contributed by atoms with Crippen molar-refractivity contribution in [1.29, 1.82) is 0 Å². The highest BCUT2D eigenvalue weighted by atomic mass is 79.9. The molecular formula is C17H27BrFN3O. The molecule has 0 heterocycles. The van der Waals surface area contributed by atoms with Gasteiger partial charge in [0, 0.05) is 24.2 Å². The Morgan fingerprint density at radius 1 is 1.26 bits per heavy atom. The predicted molar refractivity (Wildman–Crippen MR) is 97.0 cm³/mol. The van der Waals surface area contributed by atoms with Gasteiger partial charge in [-0.2, -0.15) is 0 Å². The zero-order valence-corrected chi connectivity index (χ0v) is 15.5. The first-order chi connectivity index (χ1) is 11.1. The zero-order chi connectivity index (χ0) is 17.1. The molecule has 0 radical (unpaired) electrons. The predicted octanol–water partition coefficient (Wildman–Crippen LogP) is 3.44. The van der Waals surface area contributed by atoms with Gasteiger partial charge in [0.2, 0.25) is 0 Å². The first-order valence-electron chi connectivity index (χ1n) is 8.17. The number of aliphatic imine (C=N–C) groups is 1. The van der Waals surface area contributed by atoms with Crippen molar-refractivity contribution in [2.75, 3.05) is 19.7 Å². The number of aliphatic hydroxyl groups excluding tert-OH is 1. The molecule has 130 valence electrons. The highest BCUT2D eigenvalue weighted by Gasteiger charge is 2.08. The maximum absolute atomic E-state index is 13.4. The molecule has 0 aliphatic rings. The van der Waals surface area contributed by atoms with E-state index in [9.17, 15) is 4.39 Å². The number of hydrogen-bond acceptors (Lipinski definition) is 2. The largest absolute Gasteiger partial charge is 0.396 e. The first-order valence-corrected chi connectivity index (χ1v) is 8.96. The van der Waals surface area contributed by atoms with Gasteiger partial charge in [-0.25, -0.2) is 9.38 Å². The molecule has 6 heteroatoms. The molecule has 1 aromatic carbocycles. The summed E-state index contributed by atoms with van der Waals surface area (Å²) in [5.74, 6) is 0.873. The van der Waals surface area contributed by atoms with Gasteiger partial charge in [-0.3, -0.25) is 0 Å². The monoisotopic (exact) mass is 387 g/mol. The number of guanidine groups is 1. The van der Waals surface area contributed by atoms with Crippen molar-refractivity contribution in [3.63, 3.8) is 0 Å². The van der Waals surface area contributed by atoms with Crippen molar-refractivity contribution in [3.05, 3.63) is 34.1 Å². The van der Waals surface area contributed by atoms with Gasteiger partial charge in [0.25, 0.3) is 0 Å². The Kier molecular flexibility index (Phi) is 9.87. The van der Waals surface area contributed by atoms with Gasteiger partial charge in [0.15, 0.2) is 5.96 Å². The molecule has 0 saturated heterocycles. The van der Waals surface area contributed by atoms with Crippen LogP contribution in [0.4, 0.5) is 4.39 Å². The van der Waals surface area contributed by atoms with Crippen LogP contribution in [0.3, 0.4) is 0 Å². The lowest BCUT2D eigenvalue weighted by molar-refractivity contribution is 0.251. The minimum atomic E-state index is -0.270. The second-order valence-corrected chi connectivity index (χ2v) is 6.44. The van der Waals surface area contributed by atoms with Crippen LogP contribution >= 0.6 is 15.9 Å². The van der Waals surface area contributed by atoms with Gasteiger partial charge in [0.1, 0.15) is 5.82 Å². The minimum absolute atomic E-state index is 0.206. The van der Waals surface area contributed by atoms with Crippen LogP contribution in [0.1, 0.15) is 38.7 Å². The number of hydrogen-bond donors (Lipinski definition) is 3. The van der Waals surface area contributed by atoms with E-state index in [4.69, 9.17) is 5.11 Å². The molecule has 23 heavy (non-hydrogen) atoms. The molecule has 0 spiro atoms. The smallest absolute Gasteiger partial charge is 0.191 e. The van der Waals surface area contributed by atoms with Gasteiger partial charge in [-0.15, -0.1) is 0 Å². The lowest BCUT2D eigenvalue weighted by Crippen LogP contribution is -2.40. The third-order valence-electron chi connectivity index (χ3n) is 3.48. The molecule has 1 rings (SSSR count). The van der Waals surface area contributed by atoms with Crippen LogP contribution in [0.25, 0.3) is 0 Å². The fraction of sp³-hybridized carbons (Fsp3) is 0.588.